The molecule has 16 nitrogen and oxygen atoms in total. The Kier molecular flexibility index (Phi) is 17.0. The Morgan fingerprint density at radius 3 is 1.99 bits per heavy atom. The number of H-pyrrole nitrogens is 1. The monoisotopic (exact) mass is 1030 g/mol. The third-order valence-electron chi connectivity index (χ3n) is 13.4. The maximum absolute atomic E-state index is 14.4. The number of aromatic nitrogens is 3. The Morgan fingerprint density at radius 1 is 0.797 bits per heavy atom. The second kappa shape index (κ2) is 22.3. The number of nitrogens with zero attached hydrogens (tertiary/aromatic N) is 2. The number of ether oxygens (including phenoxy) is 2. The number of carbonyl (C=O) groups excluding carboxylic acids is 5. The van der Waals surface area contributed by atoms with E-state index in [4.69, 9.17) is 14.6 Å². The van der Waals surface area contributed by atoms with Crippen molar-refractivity contribution >= 4 is 41.4 Å². The molecule has 2 fully saturated rings. The van der Waals surface area contributed by atoms with Gasteiger partial charge in [0.15, 0.2) is 5.82 Å². The summed E-state index contributed by atoms with van der Waals surface area (Å²) >= 11 is 0. The molecule has 2 unspecified atom stereocenters. The fourth-order valence-corrected chi connectivity index (χ4v) is 9.33. The van der Waals surface area contributed by atoms with Crippen LogP contribution in [0.25, 0.3) is 22.5 Å². The van der Waals surface area contributed by atoms with Gasteiger partial charge in [-0.05, 0) is 163 Å². The molecule has 2 saturated carbocycles. The third-order valence-corrected chi connectivity index (χ3v) is 13.4. The summed E-state index contributed by atoms with van der Waals surface area (Å²) < 4.78 is 67.4. The summed E-state index contributed by atoms with van der Waals surface area (Å²) in [5.74, 6) is -17.6. The number of aryl methyl sites for hydroxylation is 1. The van der Waals surface area contributed by atoms with Crippen LogP contribution in [0.15, 0.2) is 66.7 Å². The molecule has 4 amide bonds. The van der Waals surface area contributed by atoms with Gasteiger partial charge in [-0.2, -0.15) is 22.7 Å². The van der Waals surface area contributed by atoms with Crippen LogP contribution < -0.4 is 21.3 Å². The van der Waals surface area contributed by atoms with Crippen molar-refractivity contribution in [1.82, 2.24) is 31.1 Å². The summed E-state index contributed by atoms with van der Waals surface area (Å²) in [6.07, 6.45) is 3.76. The van der Waals surface area contributed by atoms with Gasteiger partial charge in [-0.25, -0.2) is 14.6 Å². The minimum absolute atomic E-state index is 0.0778. The van der Waals surface area contributed by atoms with Crippen LogP contribution in [-0.4, -0.2) is 91.8 Å². The number of alkyl halides is 4. The van der Waals surface area contributed by atoms with Crippen LogP contribution in [-0.2, 0) is 41.0 Å². The fourth-order valence-electron chi connectivity index (χ4n) is 9.33. The second-order valence-electron chi connectivity index (χ2n) is 22.1. The normalized spacial score (nSPS) is 19.6. The molecule has 0 radical (unpaired) electrons. The van der Waals surface area contributed by atoms with Gasteiger partial charge < -0.3 is 35.8 Å². The zero-order valence-electron chi connectivity index (χ0n) is 43.2. The summed E-state index contributed by atoms with van der Waals surface area (Å²) in [5.41, 5.74) is 2.52. The summed E-state index contributed by atoms with van der Waals surface area (Å²) in [6.45, 7) is 17.3. The fraction of sp³-hybridized carbons (Fsp3) is 0.519. The lowest BCUT2D eigenvalue weighted by molar-refractivity contribution is -0.231. The lowest BCUT2D eigenvalue weighted by atomic mass is 9.68. The molecular formula is C54H67F4N7O9. The molecule has 0 bridgehead atoms. The quantitative estimate of drug-likeness (QED) is 0.0457. The molecule has 2 aliphatic carbocycles. The molecule has 0 aliphatic heterocycles. The van der Waals surface area contributed by atoms with E-state index in [2.05, 4.69) is 45.2 Å². The van der Waals surface area contributed by atoms with E-state index < -0.39 is 64.6 Å². The molecular weight excluding hydrogens is 967 g/mol. The molecule has 6 rings (SSSR count). The smallest absolute Gasteiger partial charge is 0.411 e. The van der Waals surface area contributed by atoms with Crippen molar-refractivity contribution in [2.45, 2.75) is 149 Å². The summed E-state index contributed by atoms with van der Waals surface area (Å²) in [7, 11) is 0. The zero-order valence-corrected chi connectivity index (χ0v) is 43.2. The number of alkyl carbamates (subject to hydrolysis) is 1. The Balaban J connectivity index is 1.13. The van der Waals surface area contributed by atoms with Gasteiger partial charge in [-0.3, -0.25) is 24.3 Å². The number of carbonyl (C=O) groups is 6. The molecule has 4 aromatic rings. The van der Waals surface area contributed by atoms with Gasteiger partial charge in [0, 0.05) is 41.7 Å². The third kappa shape index (κ3) is 14.2. The topological polar surface area (TPSA) is 231 Å². The molecule has 3 atom stereocenters. The molecule has 6 N–H and O–H groups in total. The Bertz CT molecular complexity index is 2690. The van der Waals surface area contributed by atoms with Gasteiger partial charge in [0.1, 0.15) is 17.2 Å². The van der Waals surface area contributed by atoms with Gasteiger partial charge in [0.25, 0.3) is 5.91 Å². The van der Waals surface area contributed by atoms with Gasteiger partial charge in [0.2, 0.25) is 17.6 Å². The van der Waals surface area contributed by atoms with Crippen molar-refractivity contribution in [3.8, 4) is 22.5 Å². The zero-order chi connectivity index (χ0) is 54.6. The van der Waals surface area contributed by atoms with E-state index in [1.165, 1.54) is 24.3 Å². The van der Waals surface area contributed by atoms with Crippen LogP contribution in [0.5, 0.6) is 0 Å². The predicted octanol–water partition coefficient (Wildman–Crippen LogP) is 9.52. The number of carboxylic acid groups (broad SMARTS) is 1. The molecule has 0 saturated heterocycles. The highest BCUT2D eigenvalue weighted by Gasteiger charge is 2.65. The number of anilines is 1. The Labute approximate surface area is 427 Å². The van der Waals surface area contributed by atoms with Gasteiger partial charge >= 0.3 is 29.9 Å². The number of benzene rings is 3. The van der Waals surface area contributed by atoms with Crippen molar-refractivity contribution in [1.29, 1.82) is 0 Å². The van der Waals surface area contributed by atoms with Crippen molar-refractivity contribution in [2.75, 3.05) is 11.9 Å². The van der Waals surface area contributed by atoms with E-state index >= 15 is 0 Å². The average molecular weight is 1030 g/mol. The Hall–Kier alpha value is -6.86. The highest BCUT2D eigenvalue weighted by atomic mass is 19.3. The molecule has 2 aliphatic rings. The Morgan fingerprint density at radius 2 is 1.41 bits per heavy atom. The highest BCUT2D eigenvalue weighted by molar-refractivity contribution is 5.98. The minimum atomic E-state index is -5.47. The number of carboxylic acids is 1. The van der Waals surface area contributed by atoms with E-state index in [9.17, 15) is 46.3 Å². The summed E-state index contributed by atoms with van der Waals surface area (Å²) in [5, 5.41) is 25.6. The molecule has 0 spiro atoms. The lowest BCUT2D eigenvalue weighted by Crippen LogP contribution is -2.50. The molecule has 3 aromatic carbocycles. The highest BCUT2D eigenvalue weighted by Crippen LogP contribution is 2.43. The van der Waals surface area contributed by atoms with E-state index in [1.54, 1.807) is 31.9 Å². The molecule has 74 heavy (non-hydrogen) atoms. The number of aromatic amines is 1. The second-order valence-corrected chi connectivity index (χ2v) is 22.1. The molecule has 20 heteroatoms. The number of halogens is 4. The average Bonchev–Trinajstić information content (AvgIpc) is 3.82. The lowest BCUT2D eigenvalue weighted by Gasteiger charge is -2.42. The SMILES string of the molecule is Cc1cc(C(=O)NC2CCC(C(=O)OC(C)(C)C)CC2(C)C)ccc1-c1ccc(C[C@H](NC(=O)C2CCC(CNC(=O)OC(C)(C)C)CC2)C(=O)Nc2ccc(-c3n[nH]c(C(F)(F)C(F)(F)C(=O)O)n3)cc2)cc1. The van der Waals surface area contributed by atoms with Crippen LogP contribution >= 0.6 is 0 Å². The first-order valence-corrected chi connectivity index (χ1v) is 24.8. The van der Waals surface area contributed by atoms with Crippen LogP contribution in [0.2, 0.25) is 0 Å². The maximum atomic E-state index is 14.4. The first-order valence-electron chi connectivity index (χ1n) is 24.8. The van der Waals surface area contributed by atoms with E-state index in [1.807, 2.05) is 64.1 Å². The molecule has 1 aromatic heterocycles. The number of esters is 1. The first kappa shape index (κ1) is 56.4. The van der Waals surface area contributed by atoms with Crippen LogP contribution in [0.4, 0.5) is 28.0 Å². The van der Waals surface area contributed by atoms with E-state index in [0.717, 1.165) is 16.7 Å². The predicted molar refractivity (Wildman–Crippen MR) is 267 cm³/mol. The maximum Gasteiger partial charge on any atom is 0.411 e. The first-order chi connectivity index (χ1) is 34.4. The van der Waals surface area contributed by atoms with Gasteiger partial charge in [-0.15, -0.1) is 0 Å². The minimum Gasteiger partial charge on any atom is -0.477 e. The van der Waals surface area contributed by atoms with Crippen molar-refractivity contribution in [2.24, 2.45) is 23.2 Å². The van der Waals surface area contributed by atoms with Crippen molar-refractivity contribution < 1.29 is 60.9 Å². The summed E-state index contributed by atoms with van der Waals surface area (Å²) in [6, 6.07) is 17.2. The van der Waals surface area contributed by atoms with Crippen LogP contribution in [0.3, 0.4) is 0 Å². The number of rotatable bonds is 16. The van der Waals surface area contributed by atoms with Gasteiger partial charge in [0.05, 0.1) is 5.92 Å². The number of hydrogen-bond acceptors (Lipinski definition) is 10. The summed E-state index contributed by atoms with van der Waals surface area (Å²) in [4.78, 5) is 80.8. The number of aliphatic carboxylic acids is 1. The number of nitrogens with one attached hydrogen (secondary N) is 5. The standard InChI is InChI=1S/C54H67F4N7O9/c1-30-26-36(44(67)62-41-25-21-37(28-52(41,8)9)46(69)73-50(2,3)4)20-24-39(30)33-14-10-31(11-15-33)27-40(61-43(66)35-16-12-32(13-17-35)29-59-49(72)74-51(5,6)7)45(68)60-38-22-18-34(19-23-38)42-63-47(65-64-42)53(55,56)54(57,58)48(70)71/h10-11,14-15,18-20,22-24,26,32,35,37,40-41H,12-13,16-17,21,25,27-29H2,1-9H3,(H,59,72)(H,60,68)(H,61,66)(H,62,67)(H,70,71)(H,63,64,65)/t32?,35?,37?,40-,41?/m0/s1. The van der Waals surface area contributed by atoms with Crippen LogP contribution in [0, 0.1) is 30.1 Å². The van der Waals surface area contributed by atoms with Crippen molar-refractivity contribution in [3.05, 3.63) is 89.2 Å². The number of hydrogen-bond donors (Lipinski definition) is 6. The van der Waals surface area contributed by atoms with E-state index in [-0.39, 0.29) is 58.7 Å². The van der Waals surface area contributed by atoms with Crippen molar-refractivity contribution in [3.63, 3.8) is 0 Å². The molecule has 400 valence electrons. The largest absolute Gasteiger partial charge is 0.477 e. The van der Waals surface area contributed by atoms with Crippen LogP contribution in [0.1, 0.15) is 128 Å². The number of amides is 4. The van der Waals surface area contributed by atoms with E-state index in [0.29, 0.717) is 62.6 Å². The van der Waals surface area contributed by atoms with Gasteiger partial charge in [-0.1, -0.05) is 44.2 Å². The molecule has 1 heterocycles.